The largest absolute Gasteiger partial charge is 0.339 e. The number of pyridine rings is 1. The van der Waals surface area contributed by atoms with Crippen molar-refractivity contribution in [2.75, 3.05) is 13.1 Å². The summed E-state index contributed by atoms with van der Waals surface area (Å²) in [6, 6.07) is 7.44. The van der Waals surface area contributed by atoms with Crippen LogP contribution in [0, 0.1) is 6.92 Å². The highest BCUT2D eigenvalue weighted by Gasteiger charge is 2.23. The molecular weight excluding hydrogens is 429 g/mol. The molecule has 1 aliphatic heterocycles. The second-order valence-corrected chi connectivity index (χ2v) is 8.78. The van der Waals surface area contributed by atoms with Gasteiger partial charge in [-0.05, 0) is 61.6 Å². The number of carbonyl (C=O) groups is 1. The van der Waals surface area contributed by atoms with E-state index in [9.17, 15) is 4.79 Å². The van der Waals surface area contributed by atoms with Gasteiger partial charge in [0.2, 0.25) is 0 Å². The first-order chi connectivity index (χ1) is 13.9. The molecule has 3 aromatic rings. The van der Waals surface area contributed by atoms with Gasteiger partial charge in [-0.15, -0.1) is 0 Å². The fourth-order valence-electron chi connectivity index (χ4n) is 4.00. The van der Waals surface area contributed by atoms with Gasteiger partial charge < -0.3 is 9.47 Å². The minimum absolute atomic E-state index is 0.0195. The fourth-order valence-corrected chi connectivity index (χ4v) is 4.83. The van der Waals surface area contributed by atoms with Crippen LogP contribution >= 0.6 is 34.8 Å². The Morgan fingerprint density at radius 2 is 1.83 bits per heavy atom. The van der Waals surface area contributed by atoms with Crippen LogP contribution in [0.25, 0.3) is 11.0 Å². The Labute approximate surface area is 185 Å². The van der Waals surface area contributed by atoms with E-state index in [1.54, 1.807) is 12.1 Å². The van der Waals surface area contributed by atoms with E-state index in [0.29, 0.717) is 27.2 Å². The van der Waals surface area contributed by atoms with E-state index in [1.807, 2.05) is 29.5 Å². The second-order valence-electron chi connectivity index (χ2n) is 7.61. The number of aryl methyl sites for hydroxylation is 2. The number of nitrogens with zero attached hydrogens (tertiary/aromatic N) is 3. The predicted octanol–water partition coefficient (Wildman–Crippen LogP) is 6.06. The van der Waals surface area contributed by atoms with Crippen molar-refractivity contribution in [3.05, 3.63) is 61.8 Å². The number of hydrogen-bond acceptors (Lipinski definition) is 2. The van der Waals surface area contributed by atoms with Crippen LogP contribution in [-0.2, 0) is 13.5 Å². The Morgan fingerprint density at radius 3 is 2.55 bits per heavy atom. The van der Waals surface area contributed by atoms with Gasteiger partial charge in [0.05, 0.1) is 10.6 Å². The molecule has 4 nitrogen and oxygen atoms in total. The Bertz CT molecular complexity index is 1100. The third-order valence-electron chi connectivity index (χ3n) is 5.69. The molecule has 0 unspecified atom stereocenters. The number of halogens is 3. The average Bonchev–Trinajstić information content (AvgIpc) is 3.01. The molecule has 2 aromatic heterocycles. The third-order valence-corrected chi connectivity index (χ3v) is 6.67. The topological polar surface area (TPSA) is 38.1 Å². The van der Waals surface area contributed by atoms with Gasteiger partial charge in [0.25, 0.3) is 5.91 Å². The molecule has 1 fully saturated rings. The summed E-state index contributed by atoms with van der Waals surface area (Å²) in [7, 11) is 1.95. The van der Waals surface area contributed by atoms with Gasteiger partial charge in [-0.1, -0.05) is 34.8 Å². The first-order valence-corrected chi connectivity index (χ1v) is 10.9. The molecule has 0 bridgehead atoms. The predicted molar refractivity (Wildman–Crippen MR) is 119 cm³/mol. The van der Waals surface area contributed by atoms with Gasteiger partial charge in [-0.3, -0.25) is 4.79 Å². The van der Waals surface area contributed by atoms with E-state index in [2.05, 4.69) is 11.1 Å². The minimum atomic E-state index is -0.0195. The quantitative estimate of drug-likeness (QED) is 0.455. The highest BCUT2D eigenvalue weighted by atomic mass is 35.5. The molecule has 29 heavy (non-hydrogen) atoms. The van der Waals surface area contributed by atoms with Crippen molar-refractivity contribution < 1.29 is 4.79 Å². The SMILES string of the molecule is Cc1cc(Cl)nc2c1cc(Cc1c(Cl)ccc(C(=O)N3CCCCC3)c1Cl)n2C. The molecule has 0 aliphatic carbocycles. The molecule has 0 atom stereocenters. The van der Waals surface area contributed by atoms with E-state index in [4.69, 9.17) is 34.8 Å². The van der Waals surface area contributed by atoms with Crippen molar-refractivity contribution in [1.29, 1.82) is 0 Å². The molecule has 3 heterocycles. The standard InChI is InChI=1S/C22H22Cl3N3O/c1-13-10-19(24)26-21-16(13)11-14(27(21)2)12-17-18(23)7-6-15(20(17)25)22(29)28-8-4-3-5-9-28/h6-7,10-11H,3-5,8-9,12H2,1-2H3. The summed E-state index contributed by atoms with van der Waals surface area (Å²) in [6.07, 6.45) is 3.74. The van der Waals surface area contributed by atoms with Crippen molar-refractivity contribution >= 4 is 51.7 Å². The molecule has 4 rings (SSSR count). The van der Waals surface area contributed by atoms with Crippen LogP contribution in [0.4, 0.5) is 0 Å². The average molecular weight is 451 g/mol. The number of rotatable bonds is 3. The summed E-state index contributed by atoms with van der Waals surface area (Å²) in [5, 5.41) is 2.49. The number of benzene rings is 1. The van der Waals surface area contributed by atoms with Crippen LogP contribution < -0.4 is 0 Å². The van der Waals surface area contributed by atoms with E-state index < -0.39 is 0 Å². The van der Waals surface area contributed by atoms with Gasteiger partial charge in [0.15, 0.2) is 0 Å². The number of aromatic nitrogens is 2. The summed E-state index contributed by atoms with van der Waals surface area (Å²) >= 11 is 19.3. The number of hydrogen-bond donors (Lipinski definition) is 0. The molecule has 0 saturated carbocycles. The van der Waals surface area contributed by atoms with Gasteiger partial charge in [0, 0.05) is 42.7 Å². The summed E-state index contributed by atoms with van der Waals surface area (Å²) in [5.41, 5.74) is 4.16. The molecule has 0 N–H and O–H groups in total. The van der Waals surface area contributed by atoms with Crippen LogP contribution in [-0.4, -0.2) is 33.4 Å². The first kappa shape index (κ1) is 20.5. The van der Waals surface area contributed by atoms with E-state index in [0.717, 1.165) is 53.8 Å². The van der Waals surface area contributed by atoms with Crippen molar-refractivity contribution in [2.24, 2.45) is 7.05 Å². The second kappa shape index (κ2) is 8.17. The van der Waals surface area contributed by atoms with Gasteiger partial charge >= 0.3 is 0 Å². The lowest BCUT2D eigenvalue weighted by atomic mass is 10.0. The first-order valence-electron chi connectivity index (χ1n) is 9.74. The van der Waals surface area contributed by atoms with Gasteiger partial charge in [-0.2, -0.15) is 0 Å². The molecule has 1 aliphatic rings. The summed E-state index contributed by atoms with van der Waals surface area (Å²) in [4.78, 5) is 19.3. The Hall–Kier alpha value is -1.75. The Balaban J connectivity index is 1.72. The monoisotopic (exact) mass is 449 g/mol. The maximum atomic E-state index is 13.0. The number of carbonyl (C=O) groups excluding carboxylic acids is 1. The number of piperidine rings is 1. The maximum absolute atomic E-state index is 13.0. The molecule has 1 aromatic carbocycles. The van der Waals surface area contributed by atoms with Crippen LogP contribution in [0.15, 0.2) is 24.3 Å². The van der Waals surface area contributed by atoms with E-state index in [-0.39, 0.29) is 5.91 Å². The van der Waals surface area contributed by atoms with Crippen LogP contribution in [0.2, 0.25) is 15.2 Å². The lowest BCUT2D eigenvalue weighted by molar-refractivity contribution is 0.0724. The van der Waals surface area contributed by atoms with E-state index >= 15 is 0 Å². The molecule has 1 amide bonds. The van der Waals surface area contributed by atoms with E-state index in [1.165, 1.54) is 6.42 Å². The molecule has 1 saturated heterocycles. The highest BCUT2D eigenvalue weighted by Crippen LogP contribution is 2.33. The number of amides is 1. The zero-order valence-corrected chi connectivity index (χ0v) is 18.7. The van der Waals surface area contributed by atoms with Crippen molar-refractivity contribution in [1.82, 2.24) is 14.5 Å². The van der Waals surface area contributed by atoms with Crippen molar-refractivity contribution in [2.45, 2.75) is 32.6 Å². The molecular formula is C22H22Cl3N3O. The minimum Gasteiger partial charge on any atom is -0.339 e. The normalized spacial score (nSPS) is 14.6. The summed E-state index contributed by atoms with van der Waals surface area (Å²) < 4.78 is 2.00. The summed E-state index contributed by atoms with van der Waals surface area (Å²) in [5.74, 6) is -0.0195. The smallest absolute Gasteiger partial charge is 0.255 e. The van der Waals surface area contributed by atoms with Gasteiger partial charge in [0.1, 0.15) is 10.8 Å². The van der Waals surface area contributed by atoms with Crippen LogP contribution in [0.1, 0.15) is 46.4 Å². The molecule has 152 valence electrons. The maximum Gasteiger partial charge on any atom is 0.255 e. The van der Waals surface area contributed by atoms with Crippen molar-refractivity contribution in [3.63, 3.8) is 0 Å². The highest BCUT2D eigenvalue weighted by molar-refractivity contribution is 6.38. The van der Waals surface area contributed by atoms with Crippen LogP contribution in [0.5, 0.6) is 0 Å². The fraction of sp³-hybridized carbons (Fsp3) is 0.364. The van der Waals surface area contributed by atoms with Crippen LogP contribution in [0.3, 0.4) is 0 Å². The lowest BCUT2D eigenvalue weighted by Gasteiger charge is -2.27. The Kier molecular flexibility index (Phi) is 5.78. The zero-order valence-electron chi connectivity index (χ0n) is 16.4. The lowest BCUT2D eigenvalue weighted by Crippen LogP contribution is -2.35. The molecule has 0 radical (unpaired) electrons. The van der Waals surface area contributed by atoms with Crippen molar-refractivity contribution in [3.8, 4) is 0 Å². The molecule has 7 heteroatoms. The third kappa shape index (κ3) is 3.86. The Morgan fingerprint density at radius 1 is 1.10 bits per heavy atom. The van der Waals surface area contributed by atoms with Gasteiger partial charge in [-0.25, -0.2) is 4.98 Å². The summed E-state index contributed by atoms with van der Waals surface area (Å²) in [6.45, 7) is 3.57. The number of fused-ring (bicyclic) bond motifs is 1. The zero-order chi connectivity index (χ0) is 20.7. The number of likely N-dealkylation sites (tertiary alicyclic amines) is 1. The molecule has 0 spiro atoms.